The third-order valence-electron chi connectivity index (χ3n) is 3.96. The number of ether oxygens (including phenoxy) is 2. The molecule has 0 amide bonds. The van der Waals surface area contributed by atoms with E-state index in [9.17, 15) is 12.8 Å². The number of nitrogens with zero attached hydrogens (tertiary/aromatic N) is 1. The van der Waals surface area contributed by atoms with Crippen LogP contribution in [-0.4, -0.2) is 45.3 Å². The van der Waals surface area contributed by atoms with Gasteiger partial charge in [0.25, 0.3) is 0 Å². The summed E-state index contributed by atoms with van der Waals surface area (Å²) in [5.41, 5.74) is 0. The molecule has 0 unspecified atom stereocenters. The first-order valence-corrected chi connectivity index (χ1v) is 8.99. The van der Waals surface area contributed by atoms with Gasteiger partial charge in [-0.15, -0.1) is 0 Å². The molecule has 0 spiro atoms. The zero-order chi connectivity index (χ0) is 15.7. The van der Waals surface area contributed by atoms with Gasteiger partial charge < -0.3 is 9.47 Å². The quantitative estimate of drug-likeness (QED) is 0.840. The Balaban J connectivity index is 1.82. The highest BCUT2D eigenvalue weighted by molar-refractivity contribution is 7.89. The second-order valence-electron chi connectivity index (χ2n) is 5.45. The van der Waals surface area contributed by atoms with Crippen LogP contribution in [0.5, 0.6) is 0 Å². The number of hydrogen-bond acceptors (Lipinski definition) is 4. The van der Waals surface area contributed by atoms with Crippen LogP contribution in [0.2, 0.25) is 5.02 Å². The molecule has 1 aromatic carbocycles. The van der Waals surface area contributed by atoms with Gasteiger partial charge in [-0.3, -0.25) is 0 Å². The molecular weight excluding hydrogens is 333 g/mol. The fourth-order valence-corrected chi connectivity index (χ4v) is 4.93. The van der Waals surface area contributed by atoms with Crippen LogP contribution >= 0.6 is 11.6 Å². The first-order valence-electron chi connectivity index (χ1n) is 7.17. The summed E-state index contributed by atoms with van der Waals surface area (Å²) >= 11 is 5.90. The Hall–Kier alpha value is -0.730. The molecule has 0 radical (unpaired) electrons. The Morgan fingerprint density at radius 1 is 1.27 bits per heavy atom. The number of piperidine rings is 1. The molecule has 2 aliphatic rings. The van der Waals surface area contributed by atoms with Crippen molar-refractivity contribution in [1.29, 1.82) is 0 Å². The van der Waals surface area contributed by atoms with Crippen LogP contribution in [0.3, 0.4) is 0 Å². The number of hydrogen-bond donors (Lipinski definition) is 0. The number of halogens is 2. The molecule has 2 saturated heterocycles. The van der Waals surface area contributed by atoms with Crippen molar-refractivity contribution in [2.75, 3.05) is 26.3 Å². The minimum atomic E-state index is -3.75. The topological polar surface area (TPSA) is 55.8 Å². The van der Waals surface area contributed by atoms with Crippen molar-refractivity contribution in [3.8, 4) is 0 Å². The van der Waals surface area contributed by atoms with Gasteiger partial charge in [0.05, 0.1) is 18.2 Å². The maximum absolute atomic E-state index is 13.1. The SMILES string of the molecule is O=S(=O)(c1ccc(F)cc1Cl)N1CCC[C@@H](C2OCCO2)C1. The third kappa shape index (κ3) is 3.14. The largest absolute Gasteiger partial charge is 0.350 e. The van der Waals surface area contributed by atoms with Crippen LogP contribution in [0, 0.1) is 11.7 Å². The average molecular weight is 350 g/mol. The summed E-state index contributed by atoms with van der Waals surface area (Å²) in [7, 11) is -3.75. The van der Waals surface area contributed by atoms with Gasteiger partial charge >= 0.3 is 0 Å². The number of benzene rings is 1. The average Bonchev–Trinajstić information content (AvgIpc) is 3.01. The van der Waals surface area contributed by atoms with Crippen molar-refractivity contribution in [1.82, 2.24) is 4.31 Å². The maximum Gasteiger partial charge on any atom is 0.244 e. The first kappa shape index (κ1) is 16.1. The molecule has 1 aromatic rings. The summed E-state index contributed by atoms with van der Waals surface area (Å²) in [6, 6.07) is 3.32. The lowest BCUT2D eigenvalue weighted by Crippen LogP contribution is -2.43. The smallest absolute Gasteiger partial charge is 0.244 e. The summed E-state index contributed by atoms with van der Waals surface area (Å²) in [4.78, 5) is -0.0653. The van der Waals surface area contributed by atoms with Crippen molar-refractivity contribution in [3.05, 3.63) is 29.0 Å². The predicted octanol–water partition coefficient (Wildman–Crippen LogP) is 2.25. The minimum absolute atomic E-state index is 0.00486. The van der Waals surface area contributed by atoms with Gasteiger partial charge in [0.15, 0.2) is 6.29 Å². The van der Waals surface area contributed by atoms with Gasteiger partial charge in [-0.2, -0.15) is 4.31 Å². The Morgan fingerprint density at radius 2 is 2.00 bits per heavy atom. The lowest BCUT2D eigenvalue weighted by molar-refractivity contribution is -0.0940. The molecule has 1 atom stereocenters. The van der Waals surface area contributed by atoms with Crippen LogP contribution in [0.1, 0.15) is 12.8 Å². The zero-order valence-corrected chi connectivity index (χ0v) is 13.4. The predicted molar refractivity (Wildman–Crippen MR) is 78.6 cm³/mol. The first-order chi connectivity index (χ1) is 10.5. The third-order valence-corrected chi connectivity index (χ3v) is 6.31. The van der Waals surface area contributed by atoms with E-state index in [1.165, 1.54) is 10.4 Å². The molecule has 2 fully saturated rings. The molecule has 2 heterocycles. The standard InChI is InChI=1S/C14H17ClFNO4S/c15-12-8-11(16)3-4-13(12)22(18,19)17-5-1-2-10(9-17)14-20-6-7-21-14/h3-4,8,10,14H,1-2,5-7,9H2/t10-/m1/s1. The zero-order valence-electron chi connectivity index (χ0n) is 11.9. The van der Waals surface area contributed by atoms with Gasteiger partial charge in [-0.25, -0.2) is 12.8 Å². The number of rotatable bonds is 3. The molecule has 8 heteroatoms. The summed E-state index contributed by atoms with van der Waals surface area (Å²) in [6.07, 6.45) is 1.24. The van der Waals surface area contributed by atoms with Crippen LogP contribution < -0.4 is 0 Å². The van der Waals surface area contributed by atoms with Crippen molar-refractivity contribution in [3.63, 3.8) is 0 Å². The molecule has 0 N–H and O–H groups in total. The molecule has 5 nitrogen and oxygen atoms in total. The number of sulfonamides is 1. The van der Waals surface area contributed by atoms with Gasteiger partial charge in [0.1, 0.15) is 10.7 Å². The molecule has 22 heavy (non-hydrogen) atoms. The monoisotopic (exact) mass is 349 g/mol. The summed E-state index contributed by atoms with van der Waals surface area (Å²) in [5, 5.41) is -0.101. The molecule has 0 bridgehead atoms. The lowest BCUT2D eigenvalue weighted by atomic mass is 9.99. The Kier molecular flexibility index (Phi) is 4.70. The highest BCUT2D eigenvalue weighted by Gasteiger charge is 2.36. The summed E-state index contributed by atoms with van der Waals surface area (Å²) in [6.45, 7) is 1.81. The van der Waals surface area contributed by atoms with E-state index in [2.05, 4.69) is 0 Å². The van der Waals surface area contributed by atoms with E-state index in [4.69, 9.17) is 21.1 Å². The van der Waals surface area contributed by atoms with Gasteiger partial charge in [0, 0.05) is 19.0 Å². The van der Waals surface area contributed by atoms with Crippen molar-refractivity contribution in [2.24, 2.45) is 5.92 Å². The van der Waals surface area contributed by atoms with Gasteiger partial charge in [-0.05, 0) is 31.0 Å². The molecule has 0 aromatic heterocycles. The molecular formula is C14H17ClFNO4S. The minimum Gasteiger partial charge on any atom is -0.350 e. The van der Waals surface area contributed by atoms with Crippen molar-refractivity contribution < 1.29 is 22.3 Å². The Morgan fingerprint density at radius 3 is 2.68 bits per heavy atom. The maximum atomic E-state index is 13.1. The van der Waals surface area contributed by atoms with Crippen molar-refractivity contribution in [2.45, 2.75) is 24.0 Å². The van der Waals surface area contributed by atoms with Crippen LogP contribution in [0.4, 0.5) is 4.39 Å². The van der Waals surface area contributed by atoms with E-state index in [0.29, 0.717) is 26.3 Å². The Labute approximate surface area is 134 Å². The van der Waals surface area contributed by atoms with Crippen LogP contribution in [-0.2, 0) is 19.5 Å². The molecule has 3 rings (SSSR count). The second-order valence-corrected chi connectivity index (χ2v) is 7.76. The van der Waals surface area contributed by atoms with E-state index < -0.39 is 15.8 Å². The van der Waals surface area contributed by atoms with Crippen molar-refractivity contribution >= 4 is 21.6 Å². The van der Waals surface area contributed by atoms with E-state index in [1.807, 2.05) is 0 Å². The van der Waals surface area contributed by atoms with Crippen LogP contribution in [0.25, 0.3) is 0 Å². The van der Waals surface area contributed by atoms with Crippen LogP contribution in [0.15, 0.2) is 23.1 Å². The van der Waals surface area contributed by atoms with E-state index in [-0.39, 0.29) is 22.1 Å². The fourth-order valence-electron chi connectivity index (χ4n) is 2.89. The molecule has 0 aliphatic carbocycles. The fraction of sp³-hybridized carbons (Fsp3) is 0.571. The highest BCUT2D eigenvalue weighted by Crippen LogP contribution is 2.31. The Bertz CT molecular complexity index is 648. The van der Waals surface area contributed by atoms with E-state index >= 15 is 0 Å². The molecule has 2 aliphatic heterocycles. The highest BCUT2D eigenvalue weighted by atomic mass is 35.5. The van der Waals surface area contributed by atoms with E-state index in [0.717, 1.165) is 25.0 Å². The summed E-state index contributed by atoms with van der Waals surface area (Å²) < 4.78 is 50.9. The molecule has 0 saturated carbocycles. The second kappa shape index (κ2) is 6.41. The van der Waals surface area contributed by atoms with E-state index in [1.54, 1.807) is 0 Å². The van der Waals surface area contributed by atoms with Gasteiger partial charge in [0.2, 0.25) is 10.0 Å². The molecule has 122 valence electrons. The normalized spacial score (nSPS) is 24.7. The summed E-state index contributed by atoms with van der Waals surface area (Å²) in [5.74, 6) is -0.557. The van der Waals surface area contributed by atoms with Gasteiger partial charge in [-0.1, -0.05) is 11.6 Å². The lowest BCUT2D eigenvalue weighted by Gasteiger charge is -2.34.